The van der Waals surface area contributed by atoms with E-state index in [4.69, 9.17) is 9.15 Å². The summed E-state index contributed by atoms with van der Waals surface area (Å²) in [5.74, 6) is -0.770. The number of esters is 1. The minimum absolute atomic E-state index is 0.00717. The number of amides is 2. The third-order valence-electron chi connectivity index (χ3n) is 5.32. The van der Waals surface area contributed by atoms with Gasteiger partial charge >= 0.3 is 5.97 Å². The fraction of sp³-hybridized carbons (Fsp3) is 0.435. The van der Waals surface area contributed by atoms with Crippen molar-refractivity contribution in [2.24, 2.45) is 5.92 Å². The second-order valence-electron chi connectivity index (χ2n) is 7.75. The lowest BCUT2D eigenvalue weighted by Gasteiger charge is -2.31. The van der Waals surface area contributed by atoms with Gasteiger partial charge in [0.1, 0.15) is 0 Å². The smallest absolute Gasteiger partial charge is 0.309 e. The van der Waals surface area contributed by atoms with Gasteiger partial charge in [-0.2, -0.15) is 0 Å². The summed E-state index contributed by atoms with van der Waals surface area (Å²) in [6, 6.07) is 13.0. The van der Waals surface area contributed by atoms with Crippen molar-refractivity contribution in [2.75, 3.05) is 19.7 Å². The zero-order valence-electron chi connectivity index (χ0n) is 17.5. The Hall–Kier alpha value is -3.09. The minimum Gasteiger partial charge on any atom is -0.459 e. The quantitative estimate of drug-likeness (QED) is 0.653. The molecular weight excluding hydrogens is 384 g/mol. The molecule has 0 aliphatic carbocycles. The number of hydrogen-bond acceptors (Lipinski definition) is 5. The number of benzene rings is 1. The molecule has 1 fully saturated rings. The van der Waals surface area contributed by atoms with E-state index in [0.717, 1.165) is 5.56 Å². The first-order valence-corrected chi connectivity index (χ1v) is 10.3. The van der Waals surface area contributed by atoms with Gasteiger partial charge in [0.05, 0.1) is 12.2 Å². The van der Waals surface area contributed by atoms with Gasteiger partial charge < -0.3 is 19.0 Å². The van der Waals surface area contributed by atoms with Crippen molar-refractivity contribution in [1.82, 2.24) is 9.80 Å². The summed E-state index contributed by atoms with van der Waals surface area (Å²) in [4.78, 5) is 40.8. The highest BCUT2D eigenvalue weighted by molar-refractivity contribution is 5.91. The standard InChI is InChI=1S/C23H28N2O5/c1-17(2)25(15-18-7-4-3-5-8-18)21(26)16-30-23(28)19-10-12-24(13-11-19)22(27)20-9-6-14-29-20/h3-9,14,17,19H,10-13,15-16H2,1-2H3. The maximum atomic E-state index is 12.6. The number of rotatable bonds is 7. The molecule has 7 heteroatoms. The molecule has 0 spiro atoms. The third kappa shape index (κ3) is 5.49. The molecule has 2 heterocycles. The summed E-state index contributed by atoms with van der Waals surface area (Å²) in [6.07, 6.45) is 2.49. The summed E-state index contributed by atoms with van der Waals surface area (Å²) < 4.78 is 10.5. The fourth-order valence-electron chi connectivity index (χ4n) is 3.55. The van der Waals surface area contributed by atoms with E-state index in [1.165, 1.54) is 6.26 Å². The molecule has 2 aromatic rings. The van der Waals surface area contributed by atoms with E-state index in [0.29, 0.717) is 38.2 Å². The zero-order chi connectivity index (χ0) is 21.5. The number of carbonyl (C=O) groups excluding carboxylic acids is 3. The Balaban J connectivity index is 1.46. The number of nitrogens with zero attached hydrogens (tertiary/aromatic N) is 2. The van der Waals surface area contributed by atoms with Crippen LogP contribution < -0.4 is 0 Å². The van der Waals surface area contributed by atoms with Crippen LogP contribution in [0.1, 0.15) is 42.8 Å². The Morgan fingerprint density at radius 3 is 2.40 bits per heavy atom. The lowest BCUT2D eigenvalue weighted by atomic mass is 9.97. The molecular formula is C23H28N2O5. The van der Waals surface area contributed by atoms with E-state index in [1.54, 1.807) is 21.9 Å². The normalized spacial score (nSPS) is 14.6. The molecule has 1 aromatic carbocycles. The third-order valence-corrected chi connectivity index (χ3v) is 5.32. The molecule has 7 nitrogen and oxygen atoms in total. The highest BCUT2D eigenvalue weighted by atomic mass is 16.5. The molecule has 0 bridgehead atoms. The second-order valence-corrected chi connectivity index (χ2v) is 7.75. The molecule has 0 N–H and O–H groups in total. The zero-order valence-corrected chi connectivity index (χ0v) is 17.5. The highest BCUT2D eigenvalue weighted by Crippen LogP contribution is 2.21. The Kier molecular flexibility index (Phi) is 7.27. The van der Waals surface area contributed by atoms with Gasteiger partial charge in [0, 0.05) is 25.7 Å². The SMILES string of the molecule is CC(C)N(Cc1ccccc1)C(=O)COC(=O)C1CCN(C(=O)c2ccco2)CC1. The van der Waals surface area contributed by atoms with Crippen LogP contribution in [0.5, 0.6) is 0 Å². The first-order chi connectivity index (χ1) is 14.5. The first-order valence-electron chi connectivity index (χ1n) is 10.3. The second kappa shape index (κ2) is 10.1. The molecule has 3 rings (SSSR count). The highest BCUT2D eigenvalue weighted by Gasteiger charge is 2.30. The van der Waals surface area contributed by atoms with Crippen molar-refractivity contribution in [3.63, 3.8) is 0 Å². The number of ether oxygens (including phenoxy) is 1. The summed E-state index contributed by atoms with van der Waals surface area (Å²) >= 11 is 0. The van der Waals surface area contributed by atoms with Crippen LogP contribution in [-0.2, 0) is 20.9 Å². The molecule has 0 radical (unpaired) electrons. The van der Waals surface area contributed by atoms with Gasteiger partial charge in [-0.15, -0.1) is 0 Å². The predicted molar refractivity (Wildman–Crippen MR) is 110 cm³/mol. The number of carbonyl (C=O) groups is 3. The Morgan fingerprint density at radius 1 is 1.10 bits per heavy atom. The van der Waals surface area contributed by atoms with Gasteiger partial charge in [0.2, 0.25) is 0 Å². The van der Waals surface area contributed by atoms with Crippen LogP contribution in [0.3, 0.4) is 0 Å². The van der Waals surface area contributed by atoms with E-state index in [-0.39, 0.29) is 36.4 Å². The molecule has 0 unspecified atom stereocenters. The topological polar surface area (TPSA) is 80.1 Å². The first kappa shape index (κ1) is 21.6. The van der Waals surface area contributed by atoms with Crippen molar-refractivity contribution < 1.29 is 23.5 Å². The lowest BCUT2D eigenvalue weighted by molar-refractivity contribution is -0.157. The van der Waals surface area contributed by atoms with Crippen molar-refractivity contribution in [2.45, 2.75) is 39.3 Å². The van der Waals surface area contributed by atoms with Gasteiger partial charge in [-0.1, -0.05) is 30.3 Å². The summed E-state index contributed by atoms with van der Waals surface area (Å²) in [6.45, 7) is 5.00. The van der Waals surface area contributed by atoms with Crippen molar-refractivity contribution in [3.8, 4) is 0 Å². The Labute approximate surface area is 176 Å². The summed E-state index contributed by atoms with van der Waals surface area (Å²) in [5.41, 5.74) is 1.03. The number of likely N-dealkylation sites (tertiary alicyclic amines) is 1. The van der Waals surface area contributed by atoms with E-state index in [1.807, 2.05) is 44.2 Å². The van der Waals surface area contributed by atoms with Gasteiger partial charge in [-0.3, -0.25) is 14.4 Å². The number of piperidine rings is 1. The Morgan fingerprint density at radius 2 is 1.80 bits per heavy atom. The van der Waals surface area contributed by atoms with Crippen molar-refractivity contribution >= 4 is 17.8 Å². The van der Waals surface area contributed by atoms with Crippen LogP contribution in [0.2, 0.25) is 0 Å². The van der Waals surface area contributed by atoms with Gasteiger partial charge in [0.15, 0.2) is 12.4 Å². The lowest BCUT2D eigenvalue weighted by Crippen LogP contribution is -2.42. The van der Waals surface area contributed by atoms with Crippen LogP contribution in [0.4, 0.5) is 0 Å². The van der Waals surface area contributed by atoms with Crippen molar-refractivity contribution in [3.05, 3.63) is 60.1 Å². The predicted octanol–water partition coefficient (Wildman–Crippen LogP) is 3.11. The largest absolute Gasteiger partial charge is 0.459 e. The molecule has 0 saturated carbocycles. The molecule has 0 atom stereocenters. The summed E-state index contributed by atoms with van der Waals surface area (Å²) in [5, 5.41) is 0. The molecule has 1 aliphatic rings. The maximum absolute atomic E-state index is 12.6. The monoisotopic (exact) mass is 412 g/mol. The molecule has 160 valence electrons. The van der Waals surface area contributed by atoms with Crippen LogP contribution in [0, 0.1) is 5.92 Å². The van der Waals surface area contributed by atoms with Crippen molar-refractivity contribution in [1.29, 1.82) is 0 Å². The van der Waals surface area contributed by atoms with Gasteiger partial charge in [-0.25, -0.2) is 0 Å². The molecule has 1 saturated heterocycles. The fourth-order valence-corrected chi connectivity index (χ4v) is 3.55. The molecule has 1 aliphatic heterocycles. The average Bonchev–Trinajstić information content (AvgIpc) is 3.30. The van der Waals surface area contributed by atoms with E-state index in [2.05, 4.69) is 0 Å². The van der Waals surface area contributed by atoms with E-state index in [9.17, 15) is 14.4 Å². The van der Waals surface area contributed by atoms with Crippen LogP contribution >= 0.6 is 0 Å². The number of hydrogen-bond donors (Lipinski definition) is 0. The number of furan rings is 1. The van der Waals surface area contributed by atoms with Crippen LogP contribution in [-0.4, -0.2) is 53.3 Å². The van der Waals surface area contributed by atoms with Crippen LogP contribution in [0.15, 0.2) is 53.1 Å². The molecule has 2 amide bonds. The minimum atomic E-state index is -0.378. The molecule has 1 aromatic heterocycles. The van der Waals surface area contributed by atoms with E-state index < -0.39 is 0 Å². The molecule has 30 heavy (non-hydrogen) atoms. The van der Waals surface area contributed by atoms with Gasteiger partial charge in [0.25, 0.3) is 11.8 Å². The summed E-state index contributed by atoms with van der Waals surface area (Å²) in [7, 11) is 0. The average molecular weight is 412 g/mol. The maximum Gasteiger partial charge on any atom is 0.309 e. The van der Waals surface area contributed by atoms with Crippen LogP contribution in [0.25, 0.3) is 0 Å². The Bertz CT molecular complexity index is 840. The van der Waals surface area contributed by atoms with E-state index >= 15 is 0 Å². The van der Waals surface area contributed by atoms with Gasteiger partial charge in [-0.05, 0) is 44.4 Å².